The highest BCUT2D eigenvalue weighted by molar-refractivity contribution is 5.85. The summed E-state index contributed by atoms with van der Waals surface area (Å²) in [7, 11) is 0. The van der Waals surface area contributed by atoms with Crippen molar-refractivity contribution in [3.63, 3.8) is 0 Å². The minimum Gasteiger partial charge on any atom is -0.508 e. The summed E-state index contributed by atoms with van der Waals surface area (Å²) in [5.41, 5.74) is 3.63. The van der Waals surface area contributed by atoms with Gasteiger partial charge in [0.05, 0.1) is 6.61 Å². The molecular formula is C22H25NO6. The van der Waals surface area contributed by atoms with E-state index in [9.17, 15) is 25.5 Å². The zero-order chi connectivity index (χ0) is 20.7. The van der Waals surface area contributed by atoms with E-state index in [1.54, 1.807) is 12.1 Å². The summed E-state index contributed by atoms with van der Waals surface area (Å²) >= 11 is 0. The molecule has 7 nitrogen and oxygen atoms in total. The van der Waals surface area contributed by atoms with Crippen molar-refractivity contribution in [1.82, 2.24) is 4.57 Å². The van der Waals surface area contributed by atoms with Crippen LogP contribution in [0, 0.1) is 6.92 Å². The van der Waals surface area contributed by atoms with E-state index in [2.05, 4.69) is 0 Å². The number of phenols is 1. The predicted octanol–water partition coefficient (Wildman–Crippen LogP) is 1.22. The molecule has 1 saturated heterocycles. The first kappa shape index (κ1) is 19.9. The van der Waals surface area contributed by atoms with E-state index in [1.165, 1.54) is 0 Å². The first-order chi connectivity index (χ1) is 13.9. The fraction of sp³-hybridized carbons (Fsp3) is 0.364. The van der Waals surface area contributed by atoms with E-state index in [0.717, 1.165) is 22.0 Å². The van der Waals surface area contributed by atoms with Gasteiger partial charge >= 0.3 is 0 Å². The fourth-order valence-electron chi connectivity index (χ4n) is 3.95. The number of aromatic nitrogens is 1. The summed E-state index contributed by atoms with van der Waals surface area (Å²) < 4.78 is 7.80. The third-order valence-electron chi connectivity index (χ3n) is 5.56. The molecule has 2 heterocycles. The van der Waals surface area contributed by atoms with E-state index in [4.69, 9.17) is 4.74 Å². The van der Waals surface area contributed by atoms with Gasteiger partial charge in [0.1, 0.15) is 36.3 Å². The maximum atomic E-state index is 10.6. The van der Waals surface area contributed by atoms with Crippen LogP contribution in [0.3, 0.4) is 0 Å². The van der Waals surface area contributed by atoms with Crippen LogP contribution in [-0.2, 0) is 11.3 Å². The summed E-state index contributed by atoms with van der Waals surface area (Å²) in [6, 6.07) is 12.9. The molecule has 0 bridgehead atoms. The summed E-state index contributed by atoms with van der Waals surface area (Å²) in [6.07, 6.45) is -4.14. The number of aryl methyl sites for hydroxylation is 1. The van der Waals surface area contributed by atoms with Gasteiger partial charge in [-0.2, -0.15) is 0 Å². The first-order valence-electron chi connectivity index (χ1n) is 9.57. The highest BCUT2D eigenvalue weighted by Gasteiger charge is 2.44. The van der Waals surface area contributed by atoms with Gasteiger partial charge in [0.15, 0.2) is 0 Å². The number of fused-ring (bicyclic) bond motifs is 1. The minimum atomic E-state index is -1.42. The van der Waals surface area contributed by atoms with Crippen LogP contribution < -0.4 is 0 Å². The number of aliphatic hydroxyl groups excluding tert-OH is 4. The maximum Gasteiger partial charge on any atom is 0.115 e. The van der Waals surface area contributed by atoms with Crippen molar-refractivity contribution in [3.05, 3.63) is 65.4 Å². The van der Waals surface area contributed by atoms with E-state index < -0.39 is 37.1 Å². The number of benzene rings is 2. The van der Waals surface area contributed by atoms with Crippen LogP contribution in [0.15, 0.2) is 48.7 Å². The van der Waals surface area contributed by atoms with Crippen LogP contribution in [0.1, 0.15) is 22.8 Å². The van der Waals surface area contributed by atoms with Gasteiger partial charge in [-0.15, -0.1) is 0 Å². The molecule has 0 spiro atoms. The standard InChI is InChI=1S/C22H25NO6/c1-12-2-7-17-15(8-12)16(10-23(17)9-13-3-5-14(25)6-4-13)22-21(28)20(27)19(26)18(11-24)29-22/h2-8,10,18-22,24-28H,9,11H2,1H3/t18-,19-,20+,21-,22+/m1/s1. The van der Waals surface area contributed by atoms with Crippen molar-refractivity contribution in [2.45, 2.75) is 44.0 Å². The Bertz CT molecular complexity index is 996. The molecule has 3 aromatic rings. The van der Waals surface area contributed by atoms with Crippen LogP contribution in [0.2, 0.25) is 0 Å². The molecule has 1 aromatic heterocycles. The molecule has 1 aliphatic heterocycles. The smallest absolute Gasteiger partial charge is 0.115 e. The molecule has 154 valence electrons. The average molecular weight is 399 g/mol. The first-order valence-corrected chi connectivity index (χ1v) is 9.57. The number of aromatic hydroxyl groups is 1. The molecule has 4 rings (SSSR count). The summed E-state index contributed by atoms with van der Waals surface area (Å²) in [4.78, 5) is 0. The Hall–Kier alpha value is -2.42. The lowest BCUT2D eigenvalue weighted by molar-refractivity contribution is -0.231. The number of phenolic OH excluding ortho intramolecular Hbond substituents is 1. The predicted molar refractivity (Wildman–Crippen MR) is 107 cm³/mol. The lowest BCUT2D eigenvalue weighted by Crippen LogP contribution is -2.55. The number of ether oxygens (including phenoxy) is 1. The highest BCUT2D eigenvalue weighted by atomic mass is 16.5. The molecule has 5 atom stereocenters. The Morgan fingerprint density at radius 2 is 1.69 bits per heavy atom. The number of hydrogen-bond donors (Lipinski definition) is 5. The summed E-state index contributed by atoms with van der Waals surface area (Å²) in [5, 5.41) is 50.7. The topological polar surface area (TPSA) is 115 Å². The Morgan fingerprint density at radius 3 is 2.38 bits per heavy atom. The van der Waals surface area contributed by atoms with Crippen LogP contribution >= 0.6 is 0 Å². The van der Waals surface area contributed by atoms with E-state index in [0.29, 0.717) is 12.1 Å². The van der Waals surface area contributed by atoms with Gasteiger partial charge in [-0.25, -0.2) is 0 Å². The molecular weight excluding hydrogens is 374 g/mol. The molecule has 0 radical (unpaired) electrons. The second-order valence-corrected chi connectivity index (χ2v) is 7.65. The van der Waals surface area contributed by atoms with Gasteiger partial charge in [-0.1, -0.05) is 23.8 Å². The normalized spacial score (nSPS) is 27.4. The molecule has 0 saturated carbocycles. The van der Waals surface area contributed by atoms with Crippen LogP contribution in [-0.4, -0.2) is 61.1 Å². The molecule has 29 heavy (non-hydrogen) atoms. The quantitative estimate of drug-likeness (QED) is 0.451. The average Bonchev–Trinajstić information content (AvgIpc) is 3.05. The summed E-state index contributed by atoms with van der Waals surface area (Å²) in [6.45, 7) is 2.04. The number of aliphatic hydroxyl groups is 4. The third-order valence-corrected chi connectivity index (χ3v) is 5.56. The highest BCUT2D eigenvalue weighted by Crippen LogP contribution is 2.37. The van der Waals surface area contributed by atoms with Crippen molar-refractivity contribution >= 4 is 10.9 Å². The SMILES string of the molecule is Cc1ccc2c(c1)c([C@@H]1O[C@H](CO)[C@@H](O)[C@H](O)[C@H]1O)cn2Cc1ccc(O)cc1. The van der Waals surface area contributed by atoms with Crippen molar-refractivity contribution < 1.29 is 30.3 Å². The molecule has 0 amide bonds. The van der Waals surface area contributed by atoms with Crippen LogP contribution in [0.4, 0.5) is 0 Å². The monoisotopic (exact) mass is 399 g/mol. The lowest BCUT2D eigenvalue weighted by atomic mass is 9.91. The van der Waals surface area contributed by atoms with Crippen molar-refractivity contribution in [3.8, 4) is 5.75 Å². The molecule has 7 heteroatoms. The molecule has 1 aliphatic rings. The molecule has 2 aromatic carbocycles. The van der Waals surface area contributed by atoms with E-state index in [1.807, 2.05) is 48.0 Å². The van der Waals surface area contributed by atoms with Gasteiger partial charge in [0, 0.05) is 29.2 Å². The molecule has 1 fully saturated rings. The molecule has 0 aliphatic carbocycles. The second kappa shape index (κ2) is 7.78. The zero-order valence-electron chi connectivity index (χ0n) is 16.0. The van der Waals surface area contributed by atoms with Crippen molar-refractivity contribution in [2.75, 3.05) is 6.61 Å². The Labute approximate surface area is 168 Å². The molecule has 5 N–H and O–H groups in total. The Kier molecular flexibility index (Phi) is 5.33. The Morgan fingerprint density at radius 1 is 0.966 bits per heavy atom. The third kappa shape index (κ3) is 3.63. The van der Waals surface area contributed by atoms with Crippen molar-refractivity contribution in [1.29, 1.82) is 0 Å². The second-order valence-electron chi connectivity index (χ2n) is 7.65. The van der Waals surface area contributed by atoms with Crippen LogP contribution in [0.25, 0.3) is 10.9 Å². The van der Waals surface area contributed by atoms with E-state index in [-0.39, 0.29) is 5.75 Å². The van der Waals surface area contributed by atoms with Crippen LogP contribution in [0.5, 0.6) is 5.75 Å². The van der Waals surface area contributed by atoms with Gasteiger partial charge in [-0.3, -0.25) is 0 Å². The van der Waals surface area contributed by atoms with Crippen molar-refractivity contribution in [2.24, 2.45) is 0 Å². The Balaban J connectivity index is 1.78. The number of nitrogens with zero attached hydrogens (tertiary/aromatic N) is 1. The fourth-order valence-corrected chi connectivity index (χ4v) is 3.95. The van der Waals surface area contributed by atoms with Gasteiger partial charge < -0.3 is 34.8 Å². The maximum absolute atomic E-state index is 10.6. The number of hydrogen-bond acceptors (Lipinski definition) is 6. The van der Waals surface area contributed by atoms with Gasteiger partial charge in [0.25, 0.3) is 0 Å². The lowest BCUT2D eigenvalue weighted by Gasteiger charge is -2.40. The zero-order valence-corrected chi connectivity index (χ0v) is 16.0. The molecule has 0 unspecified atom stereocenters. The minimum absolute atomic E-state index is 0.198. The largest absolute Gasteiger partial charge is 0.508 e. The van der Waals surface area contributed by atoms with Gasteiger partial charge in [-0.05, 0) is 36.8 Å². The number of rotatable bonds is 4. The van der Waals surface area contributed by atoms with E-state index >= 15 is 0 Å². The van der Waals surface area contributed by atoms with Gasteiger partial charge in [0.2, 0.25) is 0 Å². The summed E-state index contributed by atoms with van der Waals surface area (Å²) in [5.74, 6) is 0.198.